The quantitative estimate of drug-likeness (QED) is 0.617. The van der Waals surface area contributed by atoms with E-state index in [1.54, 1.807) is 12.1 Å². The molecule has 0 aliphatic rings. The summed E-state index contributed by atoms with van der Waals surface area (Å²) in [5.74, 6) is -0.886. The Bertz CT molecular complexity index is 430. The zero-order valence-electron chi connectivity index (χ0n) is 6.42. The second-order valence-electron chi connectivity index (χ2n) is 2.58. The number of aromatic nitrogens is 2. The van der Waals surface area contributed by atoms with Gasteiger partial charge in [-0.2, -0.15) is 13.2 Å². The summed E-state index contributed by atoms with van der Waals surface area (Å²) in [5, 5.41) is 0. The molecule has 13 heavy (non-hydrogen) atoms. The predicted octanol–water partition coefficient (Wildman–Crippen LogP) is 2.35. The maximum absolute atomic E-state index is 12.3. The third-order valence-electron chi connectivity index (χ3n) is 1.69. The summed E-state index contributed by atoms with van der Waals surface area (Å²) in [6.07, 6.45) is -1.86. The molecule has 5 heteroatoms. The van der Waals surface area contributed by atoms with E-state index in [1.807, 2.05) is 0 Å². The van der Waals surface area contributed by atoms with E-state index in [0.717, 1.165) is 4.40 Å². The zero-order chi connectivity index (χ0) is 9.47. The molecule has 0 aliphatic heterocycles. The van der Waals surface area contributed by atoms with Gasteiger partial charge < -0.3 is 0 Å². The smallest absolute Gasteiger partial charge is 0.296 e. The van der Waals surface area contributed by atoms with E-state index in [0.29, 0.717) is 5.52 Å². The summed E-state index contributed by atoms with van der Waals surface area (Å²) in [6, 6.07) is 4.77. The number of nitrogens with zero attached hydrogens (tertiary/aromatic N) is 2. The lowest BCUT2D eigenvalue weighted by molar-refractivity contribution is -0.145. The molecule has 2 heterocycles. The first kappa shape index (κ1) is 8.10. The zero-order valence-corrected chi connectivity index (χ0v) is 6.42. The number of hydrogen-bond acceptors (Lipinski definition) is 1. The first-order valence-corrected chi connectivity index (χ1v) is 3.58. The molecule has 0 N–H and O–H groups in total. The van der Waals surface area contributed by atoms with E-state index in [1.165, 1.54) is 18.5 Å². The predicted molar refractivity (Wildman–Crippen MR) is 40.2 cm³/mol. The molecule has 2 rings (SSSR count). The Morgan fingerprint density at radius 1 is 1.23 bits per heavy atom. The summed E-state index contributed by atoms with van der Waals surface area (Å²) in [5.41, 5.74) is 0.440. The van der Waals surface area contributed by atoms with E-state index in [-0.39, 0.29) is 0 Å². The highest BCUT2D eigenvalue weighted by Crippen LogP contribution is 2.28. The van der Waals surface area contributed by atoms with Crippen LogP contribution in [0.1, 0.15) is 5.82 Å². The van der Waals surface area contributed by atoms with E-state index in [9.17, 15) is 13.2 Å². The Balaban J connectivity index is 2.72. The first-order chi connectivity index (χ1) is 6.09. The fourth-order valence-electron chi connectivity index (χ4n) is 1.15. The van der Waals surface area contributed by atoms with E-state index in [2.05, 4.69) is 4.98 Å². The van der Waals surface area contributed by atoms with Crippen LogP contribution in [-0.4, -0.2) is 9.38 Å². The number of fused-ring (bicyclic) bond motifs is 1. The summed E-state index contributed by atoms with van der Waals surface area (Å²) in [7, 11) is 0. The number of imidazole rings is 1. The first-order valence-electron chi connectivity index (χ1n) is 3.58. The van der Waals surface area contributed by atoms with Crippen molar-refractivity contribution in [1.82, 2.24) is 9.38 Å². The molecule has 0 aromatic carbocycles. The van der Waals surface area contributed by atoms with Crippen molar-refractivity contribution in [2.24, 2.45) is 0 Å². The van der Waals surface area contributed by atoms with Crippen LogP contribution < -0.4 is 0 Å². The van der Waals surface area contributed by atoms with Gasteiger partial charge in [0.25, 0.3) is 0 Å². The number of alkyl halides is 3. The van der Waals surface area contributed by atoms with E-state index >= 15 is 0 Å². The van der Waals surface area contributed by atoms with Crippen LogP contribution in [0.15, 0.2) is 30.6 Å². The van der Waals surface area contributed by atoms with Crippen molar-refractivity contribution in [3.63, 3.8) is 0 Å². The van der Waals surface area contributed by atoms with Crippen molar-refractivity contribution in [3.8, 4) is 0 Å². The second kappa shape index (κ2) is 2.48. The monoisotopic (exact) mass is 186 g/mol. The third kappa shape index (κ3) is 1.26. The van der Waals surface area contributed by atoms with Crippen LogP contribution in [0.3, 0.4) is 0 Å². The molecule has 0 atom stereocenters. The van der Waals surface area contributed by atoms with Crippen molar-refractivity contribution >= 4 is 5.52 Å². The molecule has 0 saturated carbocycles. The molecule has 0 aliphatic carbocycles. The van der Waals surface area contributed by atoms with Gasteiger partial charge in [-0.3, -0.25) is 4.40 Å². The van der Waals surface area contributed by atoms with Gasteiger partial charge in [0.1, 0.15) is 0 Å². The Morgan fingerprint density at radius 3 is 2.69 bits per heavy atom. The van der Waals surface area contributed by atoms with Crippen molar-refractivity contribution in [3.05, 3.63) is 36.4 Å². The van der Waals surface area contributed by atoms with Crippen LogP contribution in [0.2, 0.25) is 0 Å². The van der Waals surface area contributed by atoms with Gasteiger partial charge in [-0.25, -0.2) is 4.98 Å². The molecule has 0 saturated heterocycles. The molecule has 0 amide bonds. The van der Waals surface area contributed by atoms with Gasteiger partial charge in [-0.15, -0.1) is 0 Å². The average molecular weight is 186 g/mol. The van der Waals surface area contributed by atoms with Gasteiger partial charge in [0, 0.05) is 6.20 Å². The van der Waals surface area contributed by atoms with E-state index < -0.39 is 12.0 Å². The minimum Gasteiger partial charge on any atom is -0.296 e. The molecule has 2 aromatic rings. The Kier molecular flexibility index (Phi) is 1.55. The highest BCUT2D eigenvalue weighted by molar-refractivity contribution is 5.45. The molecular formula is C8H5F3N2. The summed E-state index contributed by atoms with van der Waals surface area (Å²) in [4.78, 5) is 3.30. The van der Waals surface area contributed by atoms with Crippen LogP contribution in [0.4, 0.5) is 13.2 Å². The van der Waals surface area contributed by atoms with Gasteiger partial charge in [-0.1, -0.05) is 6.07 Å². The number of hydrogen-bond donors (Lipinski definition) is 0. The average Bonchev–Trinajstić information content (AvgIpc) is 2.45. The fourth-order valence-corrected chi connectivity index (χ4v) is 1.15. The summed E-state index contributed by atoms with van der Waals surface area (Å²) < 4.78 is 37.8. The van der Waals surface area contributed by atoms with Crippen molar-refractivity contribution in [2.75, 3.05) is 0 Å². The highest BCUT2D eigenvalue weighted by Gasteiger charge is 2.35. The van der Waals surface area contributed by atoms with Crippen LogP contribution >= 0.6 is 0 Å². The Morgan fingerprint density at radius 2 is 2.00 bits per heavy atom. The van der Waals surface area contributed by atoms with Crippen molar-refractivity contribution in [2.45, 2.75) is 6.18 Å². The molecule has 2 aromatic heterocycles. The van der Waals surface area contributed by atoms with Crippen LogP contribution in [0.25, 0.3) is 5.52 Å². The Labute approximate surface area is 71.6 Å². The molecule has 0 radical (unpaired) electrons. The van der Waals surface area contributed by atoms with Crippen molar-refractivity contribution < 1.29 is 13.2 Å². The minimum atomic E-state index is -4.40. The largest absolute Gasteiger partial charge is 0.450 e. The Hall–Kier alpha value is -1.52. The van der Waals surface area contributed by atoms with Crippen LogP contribution in [0, 0.1) is 0 Å². The summed E-state index contributed by atoms with van der Waals surface area (Å²) >= 11 is 0. The van der Waals surface area contributed by atoms with E-state index in [4.69, 9.17) is 0 Å². The molecule has 0 spiro atoms. The van der Waals surface area contributed by atoms with Crippen LogP contribution in [0.5, 0.6) is 0 Å². The number of halogens is 3. The molecule has 0 unspecified atom stereocenters. The highest BCUT2D eigenvalue weighted by atomic mass is 19.4. The third-order valence-corrected chi connectivity index (χ3v) is 1.69. The standard InChI is InChI=1S/C8H5F3N2/c9-8(10,11)7-12-5-6-3-1-2-4-13(6)7/h1-5H. The second-order valence-corrected chi connectivity index (χ2v) is 2.58. The molecule has 0 bridgehead atoms. The minimum absolute atomic E-state index is 0.440. The maximum Gasteiger partial charge on any atom is 0.450 e. The van der Waals surface area contributed by atoms with Gasteiger partial charge >= 0.3 is 6.18 Å². The number of rotatable bonds is 0. The molecule has 2 nitrogen and oxygen atoms in total. The summed E-state index contributed by atoms with van der Waals surface area (Å²) in [6.45, 7) is 0. The van der Waals surface area contributed by atoms with Crippen LogP contribution in [-0.2, 0) is 6.18 Å². The lowest BCUT2D eigenvalue weighted by atomic mass is 10.4. The van der Waals surface area contributed by atoms with Gasteiger partial charge in [0.2, 0.25) is 5.82 Å². The van der Waals surface area contributed by atoms with Crippen molar-refractivity contribution in [1.29, 1.82) is 0 Å². The lowest BCUT2D eigenvalue weighted by Crippen LogP contribution is -2.10. The van der Waals surface area contributed by atoms with Gasteiger partial charge in [0.15, 0.2) is 0 Å². The lowest BCUT2D eigenvalue weighted by Gasteiger charge is -2.03. The fraction of sp³-hybridized carbons (Fsp3) is 0.125. The maximum atomic E-state index is 12.3. The SMILES string of the molecule is FC(F)(F)c1ncc2ccccn12. The normalized spacial score (nSPS) is 12.2. The van der Waals surface area contributed by atoms with Gasteiger partial charge in [-0.05, 0) is 12.1 Å². The number of pyridine rings is 1. The molecular weight excluding hydrogens is 181 g/mol. The van der Waals surface area contributed by atoms with Gasteiger partial charge in [0.05, 0.1) is 11.7 Å². The topological polar surface area (TPSA) is 17.3 Å². The molecule has 0 fully saturated rings. The molecule has 68 valence electrons.